The maximum absolute atomic E-state index is 12.4. The maximum atomic E-state index is 12.4. The van der Waals surface area contributed by atoms with E-state index in [0.717, 1.165) is 42.8 Å². The first-order chi connectivity index (χ1) is 21.5. The maximum Gasteiger partial charge on any atom is 0.309 e. The van der Waals surface area contributed by atoms with Crippen LogP contribution in [0.25, 0.3) is 27.5 Å². The number of aryl methyl sites for hydroxylation is 1. The number of carbonyl (C=O) groups excluding carboxylic acids is 2. The molecule has 3 aromatic carbocycles. The van der Waals surface area contributed by atoms with Crippen LogP contribution in [0.2, 0.25) is 0 Å². The molecule has 4 rings (SSSR count). The summed E-state index contributed by atoms with van der Waals surface area (Å²) in [7, 11) is 1.41. The van der Waals surface area contributed by atoms with Crippen molar-refractivity contribution in [2.45, 2.75) is 87.0 Å². The molecule has 0 aromatic heterocycles. The van der Waals surface area contributed by atoms with Crippen LogP contribution in [0.4, 0.5) is 5.69 Å². The Morgan fingerprint density at radius 2 is 1.73 bits per heavy atom. The molecule has 0 heterocycles. The first kappa shape index (κ1) is 34.0. The second kappa shape index (κ2) is 15.4. The summed E-state index contributed by atoms with van der Waals surface area (Å²) in [5, 5.41) is 2.47. The van der Waals surface area contributed by atoms with Crippen LogP contribution in [-0.2, 0) is 14.3 Å². The number of carbonyl (C=O) groups is 2. The Kier molecular flexibility index (Phi) is 11.7. The van der Waals surface area contributed by atoms with E-state index < -0.39 is 0 Å². The number of fused-ring (bicyclic) bond motifs is 1. The highest BCUT2D eigenvalue weighted by atomic mass is 16.5. The smallest absolute Gasteiger partial charge is 0.309 e. The summed E-state index contributed by atoms with van der Waals surface area (Å²) in [5.74, 6) is 0.104. The topological polar surface area (TPSA) is 68.1 Å². The van der Waals surface area contributed by atoms with Gasteiger partial charge in [-0.2, -0.15) is 0 Å². The molecule has 238 valence electrons. The van der Waals surface area contributed by atoms with E-state index in [2.05, 4.69) is 103 Å². The van der Waals surface area contributed by atoms with Crippen molar-refractivity contribution in [2.24, 2.45) is 33.7 Å². The van der Waals surface area contributed by atoms with E-state index in [0.29, 0.717) is 24.7 Å². The van der Waals surface area contributed by atoms with Gasteiger partial charge in [-0.25, -0.2) is 0 Å². The Bertz CT molecular complexity index is 1610. The third-order valence-corrected chi connectivity index (χ3v) is 9.63. The fraction of sp³-hybridized carbons (Fsp3) is 0.450. The zero-order valence-electron chi connectivity index (χ0n) is 28.4. The van der Waals surface area contributed by atoms with Crippen molar-refractivity contribution in [3.05, 3.63) is 71.9 Å². The molecule has 1 aliphatic rings. The number of hydrogen-bond donors (Lipinski definition) is 0. The standard InChI is InChI=1S/C40H50N2O3/c1-9-27(5)42-38-21-18-33-23-32(17-19-34(33)28(38)6)30-13-15-31(16-14-30)37(25(2)3)24-41-29(7)26(4)11-10-12-35-36(40(44)45-8)20-22-39(35)43/h13-19,21,23-26,35-36H,9-12,20,22H2,1-8H3/b37-24+,41-29?,42-27?. The molecular formula is C40H50N2O3. The lowest BCUT2D eigenvalue weighted by molar-refractivity contribution is -0.148. The number of ether oxygens (including phenoxy) is 1. The molecular weight excluding hydrogens is 556 g/mol. The first-order valence-corrected chi connectivity index (χ1v) is 16.6. The summed E-state index contributed by atoms with van der Waals surface area (Å²) >= 11 is 0. The molecule has 0 radical (unpaired) electrons. The summed E-state index contributed by atoms with van der Waals surface area (Å²) in [4.78, 5) is 34.2. The van der Waals surface area contributed by atoms with Crippen molar-refractivity contribution in [3.63, 3.8) is 0 Å². The lowest BCUT2D eigenvalue weighted by Gasteiger charge is -2.17. The number of ketones is 1. The number of Topliss-reactive ketones (excluding diaryl/α,β-unsaturated/α-hetero) is 1. The Morgan fingerprint density at radius 1 is 1.02 bits per heavy atom. The van der Waals surface area contributed by atoms with Crippen LogP contribution in [0.3, 0.4) is 0 Å². The van der Waals surface area contributed by atoms with Gasteiger partial charge in [0.05, 0.1) is 18.7 Å². The van der Waals surface area contributed by atoms with Crippen LogP contribution in [-0.4, -0.2) is 30.3 Å². The van der Waals surface area contributed by atoms with E-state index in [1.165, 1.54) is 45.7 Å². The Labute approximate surface area is 269 Å². The molecule has 3 unspecified atom stereocenters. The van der Waals surface area contributed by atoms with Crippen LogP contribution < -0.4 is 0 Å². The zero-order valence-corrected chi connectivity index (χ0v) is 28.4. The van der Waals surface area contributed by atoms with E-state index in [1.54, 1.807) is 0 Å². The normalized spacial score (nSPS) is 18.6. The van der Waals surface area contributed by atoms with Crippen molar-refractivity contribution >= 4 is 45.2 Å². The largest absolute Gasteiger partial charge is 0.469 e. The minimum absolute atomic E-state index is 0.196. The van der Waals surface area contributed by atoms with Crippen LogP contribution in [0.5, 0.6) is 0 Å². The molecule has 1 fully saturated rings. The van der Waals surface area contributed by atoms with E-state index in [4.69, 9.17) is 14.7 Å². The van der Waals surface area contributed by atoms with Crippen molar-refractivity contribution in [1.29, 1.82) is 0 Å². The Morgan fingerprint density at radius 3 is 2.40 bits per heavy atom. The van der Waals surface area contributed by atoms with Gasteiger partial charge in [0.1, 0.15) is 5.78 Å². The van der Waals surface area contributed by atoms with Crippen LogP contribution in [0, 0.1) is 30.6 Å². The van der Waals surface area contributed by atoms with E-state index in [-0.39, 0.29) is 23.6 Å². The fourth-order valence-corrected chi connectivity index (χ4v) is 6.33. The Balaban J connectivity index is 1.44. The molecule has 0 saturated heterocycles. The number of nitrogens with zero attached hydrogens (tertiary/aromatic N) is 2. The molecule has 0 N–H and O–H groups in total. The summed E-state index contributed by atoms with van der Waals surface area (Å²) in [5.41, 5.74) is 9.26. The average molecular weight is 607 g/mol. The number of allylic oxidation sites excluding steroid dienone is 1. The van der Waals surface area contributed by atoms with Gasteiger partial charge in [0.25, 0.3) is 0 Å². The van der Waals surface area contributed by atoms with Crippen LogP contribution in [0.15, 0.2) is 70.8 Å². The second-order valence-corrected chi connectivity index (χ2v) is 13.0. The van der Waals surface area contributed by atoms with Crippen LogP contribution in [0.1, 0.15) is 91.2 Å². The number of rotatable bonds is 12. The number of esters is 1. The molecule has 3 atom stereocenters. The van der Waals surface area contributed by atoms with Gasteiger partial charge in [0, 0.05) is 30.0 Å². The summed E-state index contributed by atoms with van der Waals surface area (Å²) in [6.45, 7) is 15.1. The molecule has 0 aliphatic heterocycles. The summed E-state index contributed by atoms with van der Waals surface area (Å²) in [6.07, 6.45) is 6.65. The van der Waals surface area contributed by atoms with Crippen molar-refractivity contribution in [2.75, 3.05) is 7.11 Å². The van der Waals surface area contributed by atoms with Gasteiger partial charge in [-0.1, -0.05) is 76.6 Å². The molecule has 3 aromatic rings. The number of benzene rings is 3. The van der Waals surface area contributed by atoms with Gasteiger partial charge in [0.15, 0.2) is 0 Å². The van der Waals surface area contributed by atoms with Crippen LogP contribution >= 0.6 is 0 Å². The molecule has 1 aliphatic carbocycles. The highest BCUT2D eigenvalue weighted by Crippen LogP contribution is 2.35. The van der Waals surface area contributed by atoms with Crippen molar-refractivity contribution in [3.8, 4) is 11.1 Å². The third kappa shape index (κ3) is 8.25. The SMILES string of the molecule is CCC(C)=Nc1ccc2cc(-c3ccc(/C(=C/N=C(C)C(C)CCCC4C(=O)CCC4C(=O)OC)C(C)C)cc3)ccc2c1C. The fourth-order valence-electron chi connectivity index (χ4n) is 6.33. The zero-order chi connectivity index (χ0) is 32.7. The molecule has 0 spiro atoms. The minimum Gasteiger partial charge on any atom is -0.469 e. The second-order valence-electron chi connectivity index (χ2n) is 13.0. The number of aliphatic imine (C=N–C) groups is 2. The summed E-state index contributed by atoms with van der Waals surface area (Å²) in [6, 6.07) is 19.8. The highest BCUT2D eigenvalue weighted by Gasteiger charge is 2.39. The average Bonchev–Trinajstić information content (AvgIpc) is 3.41. The molecule has 45 heavy (non-hydrogen) atoms. The third-order valence-electron chi connectivity index (χ3n) is 9.63. The van der Waals surface area contributed by atoms with Gasteiger partial charge >= 0.3 is 5.97 Å². The molecule has 5 nitrogen and oxygen atoms in total. The van der Waals surface area contributed by atoms with Crippen molar-refractivity contribution < 1.29 is 14.3 Å². The lowest BCUT2D eigenvalue weighted by atomic mass is 9.88. The molecule has 0 amide bonds. The molecule has 1 saturated carbocycles. The van der Waals surface area contributed by atoms with Gasteiger partial charge in [-0.05, 0) is 109 Å². The molecule has 5 heteroatoms. The predicted molar refractivity (Wildman–Crippen MR) is 189 cm³/mol. The van der Waals surface area contributed by atoms with E-state index >= 15 is 0 Å². The first-order valence-electron chi connectivity index (χ1n) is 16.6. The highest BCUT2D eigenvalue weighted by molar-refractivity contribution is 5.94. The van der Waals surface area contributed by atoms with E-state index in [9.17, 15) is 9.59 Å². The van der Waals surface area contributed by atoms with Gasteiger partial charge < -0.3 is 4.74 Å². The van der Waals surface area contributed by atoms with Gasteiger partial charge in [-0.15, -0.1) is 0 Å². The van der Waals surface area contributed by atoms with Gasteiger partial charge in [-0.3, -0.25) is 19.6 Å². The Hall–Kier alpha value is -3.86. The lowest BCUT2D eigenvalue weighted by Crippen LogP contribution is -2.24. The van der Waals surface area contributed by atoms with Crippen molar-refractivity contribution in [1.82, 2.24) is 0 Å². The quantitative estimate of drug-likeness (QED) is 0.152. The predicted octanol–water partition coefficient (Wildman–Crippen LogP) is 10.4. The minimum atomic E-state index is -0.274. The van der Waals surface area contributed by atoms with Gasteiger partial charge in [0.2, 0.25) is 0 Å². The monoisotopic (exact) mass is 606 g/mol. The molecule has 0 bridgehead atoms. The summed E-state index contributed by atoms with van der Waals surface area (Å²) < 4.78 is 4.93. The number of methoxy groups -OCH3 is 1. The number of hydrogen-bond acceptors (Lipinski definition) is 5. The van der Waals surface area contributed by atoms with E-state index in [1.807, 2.05) is 6.20 Å².